The predicted molar refractivity (Wildman–Crippen MR) is 115 cm³/mol. The lowest BCUT2D eigenvalue weighted by Gasteiger charge is -2.34. The van der Waals surface area contributed by atoms with Gasteiger partial charge < -0.3 is 14.5 Å². The van der Waals surface area contributed by atoms with Gasteiger partial charge in [-0.1, -0.05) is 48.5 Å². The normalized spacial score (nSPS) is 14.2. The quantitative estimate of drug-likeness (QED) is 0.535. The first-order valence-corrected chi connectivity index (χ1v) is 10.1. The van der Waals surface area contributed by atoms with Crippen LogP contribution in [0.5, 0.6) is 5.75 Å². The van der Waals surface area contributed by atoms with Crippen molar-refractivity contribution in [2.24, 2.45) is 0 Å². The van der Waals surface area contributed by atoms with Crippen LogP contribution >= 0.6 is 0 Å². The molecular weight excluding hydrogens is 364 g/mol. The van der Waals surface area contributed by atoms with Crippen LogP contribution in [0.4, 0.5) is 0 Å². The van der Waals surface area contributed by atoms with E-state index < -0.39 is 0 Å². The Hall–Kier alpha value is -3.08. The van der Waals surface area contributed by atoms with Gasteiger partial charge in [-0.25, -0.2) is 0 Å². The largest absolute Gasteiger partial charge is 0.493 e. The van der Waals surface area contributed by atoms with Crippen LogP contribution in [-0.4, -0.2) is 54.4 Å². The van der Waals surface area contributed by atoms with Crippen molar-refractivity contribution in [3.05, 3.63) is 71.8 Å². The molecule has 0 atom stereocenters. The van der Waals surface area contributed by atoms with Crippen LogP contribution in [0.25, 0.3) is 6.08 Å². The number of piperazine rings is 1. The van der Waals surface area contributed by atoms with E-state index in [-0.39, 0.29) is 11.8 Å². The smallest absolute Gasteiger partial charge is 0.246 e. The molecule has 0 aliphatic carbocycles. The van der Waals surface area contributed by atoms with Crippen LogP contribution in [-0.2, 0) is 9.59 Å². The highest BCUT2D eigenvalue weighted by atomic mass is 16.5. The Labute approximate surface area is 172 Å². The van der Waals surface area contributed by atoms with Gasteiger partial charge in [0.15, 0.2) is 0 Å². The average molecular weight is 392 g/mol. The second-order valence-electron chi connectivity index (χ2n) is 7.17. The van der Waals surface area contributed by atoms with Gasteiger partial charge >= 0.3 is 0 Å². The number of hydrogen-bond donors (Lipinski definition) is 0. The van der Waals surface area contributed by atoms with E-state index in [2.05, 4.69) is 0 Å². The van der Waals surface area contributed by atoms with Crippen molar-refractivity contribution in [3.8, 4) is 5.75 Å². The molecule has 3 rings (SSSR count). The first kappa shape index (κ1) is 20.6. The molecule has 0 bridgehead atoms. The lowest BCUT2D eigenvalue weighted by molar-refractivity contribution is -0.137. The molecule has 29 heavy (non-hydrogen) atoms. The van der Waals surface area contributed by atoms with Crippen molar-refractivity contribution in [3.63, 3.8) is 0 Å². The maximum absolute atomic E-state index is 12.4. The number of benzene rings is 2. The maximum Gasteiger partial charge on any atom is 0.246 e. The Morgan fingerprint density at radius 1 is 0.931 bits per heavy atom. The van der Waals surface area contributed by atoms with Gasteiger partial charge in [0, 0.05) is 38.7 Å². The number of hydrogen-bond acceptors (Lipinski definition) is 3. The van der Waals surface area contributed by atoms with Gasteiger partial charge in [0.2, 0.25) is 11.8 Å². The number of aryl methyl sites for hydroxylation is 1. The Bertz CT molecular complexity index is 840. The monoisotopic (exact) mass is 392 g/mol. The molecule has 1 aliphatic heterocycles. The third-order valence-electron chi connectivity index (χ3n) is 5.05. The third-order valence-corrected chi connectivity index (χ3v) is 5.05. The fourth-order valence-corrected chi connectivity index (χ4v) is 3.30. The highest BCUT2D eigenvalue weighted by Crippen LogP contribution is 2.16. The van der Waals surface area contributed by atoms with Gasteiger partial charge in [0.05, 0.1) is 6.61 Å². The van der Waals surface area contributed by atoms with E-state index in [0.29, 0.717) is 45.6 Å². The summed E-state index contributed by atoms with van der Waals surface area (Å²) in [6.45, 7) is 4.85. The van der Waals surface area contributed by atoms with Gasteiger partial charge in [0.25, 0.3) is 0 Å². The summed E-state index contributed by atoms with van der Waals surface area (Å²) in [5, 5.41) is 0. The molecule has 5 nitrogen and oxygen atoms in total. The Morgan fingerprint density at radius 2 is 1.59 bits per heavy atom. The van der Waals surface area contributed by atoms with E-state index in [1.165, 1.54) is 0 Å². The van der Waals surface area contributed by atoms with Crippen molar-refractivity contribution in [2.45, 2.75) is 19.8 Å². The molecule has 2 aromatic rings. The summed E-state index contributed by atoms with van der Waals surface area (Å²) in [5.74, 6) is 0.994. The molecule has 2 amide bonds. The third kappa shape index (κ3) is 6.21. The standard InChI is InChI=1S/C24H28N2O3/c1-20-8-5-6-11-22(20)29-19-7-12-23(27)25-15-17-26(18-16-25)24(28)14-13-21-9-3-2-4-10-21/h2-6,8-11,13-14H,7,12,15-19H2,1H3/b14-13+. The van der Waals surface area contributed by atoms with Crippen molar-refractivity contribution < 1.29 is 14.3 Å². The second-order valence-corrected chi connectivity index (χ2v) is 7.17. The molecule has 0 saturated carbocycles. The van der Waals surface area contributed by atoms with Crippen molar-refractivity contribution in [1.82, 2.24) is 9.80 Å². The van der Waals surface area contributed by atoms with Crippen LogP contribution in [0.2, 0.25) is 0 Å². The molecule has 0 unspecified atom stereocenters. The van der Waals surface area contributed by atoms with E-state index >= 15 is 0 Å². The molecule has 1 saturated heterocycles. The number of amides is 2. The molecule has 2 aromatic carbocycles. The summed E-state index contributed by atoms with van der Waals surface area (Å²) in [6.07, 6.45) is 4.59. The average Bonchev–Trinajstić information content (AvgIpc) is 2.77. The van der Waals surface area contributed by atoms with E-state index in [0.717, 1.165) is 16.9 Å². The fraction of sp³-hybridized carbons (Fsp3) is 0.333. The number of rotatable bonds is 7. The number of para-hydroxylation sites is 1. The fourth-order valence-electron chi connectivity index (χ4n) is 3.30. The molecule has 1 aliphatic rings. The highest BCUT2D eigenvalue weighted by molar-refractivity contribution is 5.92. The Kier molecular flexibility index (Phi) is 7.45. The van der Waals surface area contributed by atoms with Gasteiger partial charge in [-0.3, -0.25) is 9.59 Å². The lowest BCUT2D eigenvalue weighted by Crippen LogP contribution is -2.50. The van der Waals surface area contributed by atoms with Crippen LogP contribution < -0.4 is 4.74 Å². The Balaban J connectivity index is 1.36. The van der Waals surface area contributed by atoms with E-state index in [9.17, 15) is 9.59 Å². The molecule has 5 heteroatoms. The molecule has 0 spiro atoms. The second kappa shape index (κ2) is 10.5. The maximum atomic E-state index is 12.4. The lowest BCUT2D eigenvalue weighted by atomic mass is 10.2. The summed E-state index contributed by atoms with van der Waals surface area (Å²) >= 11 is 0. The van der Waals surface area contributed by atoms with Crippen LogP contribution in [0.1, 0.15) is 24.0 Å². The SMILES string of the molecule is Cc1ccccc1OCCCC(=O)N1CCN(C(=O)/C=C/c2ccccc2)CC1. The zero-order valence-corrected chi connectivity index (χ0v) is 16.9. The topological polar surface area (TPSA) is 49.9 Å². The minimum Gasteiger partial charge on any atom is -0.493 e. The number of ether oxygens (including phenoxy) is 1. The minimum atomic E-state index is -0.00687. The number of carbonyl (C=O) groups is 2. The molecular formula is C24H28N2O3. The molecule has 0 aromatic heterocycles. The minimum absolute atomic E-state index is 0.00687. The Morgan fingerprint density at radius 3 is 2.31 bits per heavy atom. The van der Waals surface area contributed by atoms with Crippen molar-refractivity contribution in [2.75, 3.05) is 32.8 Å². The van der Waals surface area contributed by atoms with Gasteiger partial charge in [-0.2, -0.15) is 0 Å². The highest BCUT2D eigenvalue weighted by Gasteiger charge is 2.22. The van der Waals surface area contributed by atoms with E-state index in [4.69, 9.17) is 4.74 Å². The first-order chi connectivity index (χ1) is 14.1. The van der Waals surface area contributed by atoms with E-state index in [1.54, 1.807) is 11.0 Å². The van der Waals surface area contributed by atoms with Crippen molar-refractivity contribution >= 4 is 17.9 Å². The van der Waals surface area contributed by atoms with Gasteiger partial charge in [-0.05, 0) is 36.6 Å². The molecule has 1 fully saturated rings. The van der Waals surface area contributed by atoms with Crippen molar-refractivity contribution in [1.29, 1.82) is 0 Å². The molecule has 1 heterocycles. The zero-order chi connectivity index (χ0) is 20.5. The summed E-state index contributed by atoms with van der Waals surface area (Å²) in [5.41, 5.74) is 2.10. The first-order valence-electron chi connectivity index (χ1n) is 10.1. The van der Waals surface area contributed by atoms with Gasteiger partial charge in [0.1, 0.15) is 5.75 Å². The number of nitrogens with zero attached hydrogens (tertiary/aromatic N) is 2. The summed E-state index contributed by atoms with van der Waals surface area (Å²) in [7, 11) is 0. The van der Waals surface area contributed by atoms with Gasteiger partial charge in [-0.15, -0.1) is 0 Å². The summed E-state index contributed by atoms with van der Waals surface area (Å²) < 4.78 is 5.76. The summed E-state index contributed by atoms with van der Waals surface area (Å²) in [6, 6.07) is 17.6. The number of carbonyl (C=O) groups excluding carboxylic acids is 2. The predicted octanol–water partition coefficient (Wildman–Crippen LogP) is 3.54. The van der Waals surface area contributed by atoms with Crippen LogP contribution in [0.3, 0.4) is 0 Å². The molecule has 152 valence electrons. The van der Waals surface area contributed by atoms with E-state index in [1.807, 2.05) is 72.5 Å². The molecule has 0 radical (unpaired) electrons. The summed E-state index contributed by atoms with van der Waals surface area (Å²) in [4.78, 5) is 28.4. The van der Waals surface area contributed by atoms with Crippen LogP contribution in [0.15, 0.2) is 60.7 Å². The molecule has 0 N–H and O–H groups in total. The zero-order valence-electron chi connectivity index (χ0n) is 16.9. The van der Waals surface area contributed by atoms with Crippen LogP contribution in [0, 0.1) is 6.92 Å².